The fourth-order valence-electron chi connectivity index (χ4n) is 4.27. The standard InChI is InChI=1S/C25H28N2O5S/c1-31-23-10-5-11-24(32-2)22(23)16-26-25(28)20-9-6-14-27(17-20)33(29,30)21-13-12-18-7-3-4-8-19(18)15-21/h3-5,7-8,10-13,15,20H,6,9,14,16-17H2,1-2H3,(H,26,28). The van der Waals surface area contributed by atoms with E-state index in [4.69, 9.17) is 9.47 Å². The van der Waals surface area contributed by atoms with Gasteiger partial charge < -0.3 is 14.8 Å². The van der Waals surface area contributed by atoms with Crippen molar-refractivity contribution in [3.05, 3.63) is 66.2 Å². The molecular formula is C25H28N2O5S. The predicted molar refractivity (Wildman–Crippen MR) is 127 cm³/mol. The molecule has 33 heavy (non-hydrogen) atoms. The van der Waals surface area contributed by atoms with Gasteiger partial charge in [0.1, 0.15) is 11.5 Å². The first-order valence-corrected chi connectivity index (χ1v) is 12.3. The van der Waals surface area contributed by atoms with Crippen LogP contribution < -0.4 is 14.8 Å². The molecule has 4 rings (SSSR count). The molecule has 3 aromatic rings. The molecule has 3 aromatic carbocycles. The van der Waals surface area contributed by atoms with Crippen LogP contribution in [-0.4, -0.2) is 45.9 Å². The van der Waals surface area contributed by atoms with E-state index >= 15 is 0 Å². The Morgan fingerprint density at radius 1 is 1.00 bits per heavy atom. The monoisotopic (exact) mass is 468 g/mol. The van der Waals surface area contributed by atoms with Crippen LogP contribution in [0, 0.1) is 5.92 Å². The second-order valence-electron chi connectivity index (χ2n) is 8.07. The van der Waals surface area contributed by atoms with Gasteiger partial charge in [0.2, 0.25) is 15.9 Å². The number of amides is 1. The van der Waals surface area contributed by atoms with Gasteiger partial charge in [0.25, 0.3) is 0 Å². The molecule has 1 saturated heterocycles. The van der Waals surface area contributed by atoms with Crippen LogP contribution in [0.25, 0.3) is 10.8 Å². The van der Waals surface area contributed by atoms with Crippen molar-refractivity contribution in [2.75, 3.05) is 27.3 Å². The summed E-state index contributed by atoms with van der Waals surface area (Å²) in [6.45, 7) is 0.795. The van der Waals surface area contributed by atoms with Crippen LogP contribution >= 0.6 is 0 Å². The topological polar surface area (TPSA) is 84.9 Å². The summed E-state index contributed by atoms with van der Waals surface area (Å²) in [4.78, 5) is 13.2. The maximum atomic E-state index is 13.3. The van der Waals surface area contributed by atoms with Crippen LogP contribution in [0.1, 0.15) is 18.4 Å². The van der Waals surface area contributed by atoms with Gasteiger partial charge in [0.15, 0.2) is 0 Å². The van der Waals surface area contributed by atoms with Crippen LogP contribution in [0.5, 0.6) is 11.5 Å². The number of fused-ring (bicyclic) bond motifs is 1. The van der Waals surface area contributed by atoms with E-state index in [1.807, 2.05) is 48.5 Å². The molecule has 1 atom stereocenters. The van der Waals surface area contributed by atoms with E-state index in [9.17, 15) is 13.2 Å². The summed E-state index contributed by atoms with van der Waals surface area (Å²) in [5, 5.41) is 4.79. The maximum absolute atomic E-state index is 13.3. The van der Waals surface area contributed by atoms with Crippen molar-refractivity contribution in [1.29, 1.82) is 0 Å². The molecule has 1 amide bonds. The quantitative estimate of drug-likeness (QED) is 0.573. The van der Waals surface area contributed by atoms with Crippen molar-refractivity contribution in [3.63, 3.8) is 0 Å². The van der Waals surface area contributed by atoms with Crippen molar-refractivity contribution in [2.24, 2.45) is 5.92 Å². The molecule has 1 unspecified atom stereocenters. The normalized spacial score (nSPS) is 17.0. The molecule has 0 saturated carbocycles. The first kappa shape index (κ1) is 23.1. The fourth-order valence-corrected chi connectivity index (χ4v) is 5.83. The molecule has 1 aliphatic heterocycles. The predicted octanol–water partition coefficient (Wildman–Crippen LogP) is 3.57. The molecular weight excluding hydrogens is 440 g/mol. The minimum absolute atomic E-state index is 0.157. The third-order valence-electron chi connectivity index (χ3n) is 6.08. The Labute approximate surface area is 194 Å². The number of carbonyl (C=O) groups excluding carboxylic acids is 1. The molecule has 0 aliphatic carbocycles. The number of benzene rings is 3. The molecule has 1 fully saturated rings. The first-order valence-electron chi connectivity index (χ1n) is 10.9. The van der Waals surface area contributed by atoms with Gasteiger partial charge >= 0.3 is 0 Å². The lowest BCUT2D eigenvalue weighted by atomic mass is 9.98. The zero-order valence-electron chi connectivity index (χ0n) is 18.8. The van der Waals surface area contributed by atoms with Crippen molar-refractivity contribution >= 4 is 26.7 Å². The SMILES string of the molecule is COc1cccc(OC)c1CNC(=O)C1CCCN(S(=O)(=O)c2ccc3ccccc3c2)C1. The number of methoxy groups -OCH3 is 2. The molecule has 1 aliphatic rings. The Morgan fingerprint density at radius 2 is 1.70 bits per heavy atom. The second kappa shape index (κ2) is 9.80. The number of sulfonamides is 1. The summed E-state index contributed by atoms with van der Waals surface area (Å²) in [6.07, 6.45) is 1.27. The van der Waals surface area contributed by atoms with Crippen LogP contribution in [0.4, 0.5) is 0 Å². The highest BCUT2D eigenvalue weighted by Gasteiger charge is 2.33. The molecule has 0 bridgehead atoms. The van der Waals surface area contributed by atoms with E-state index in [-0.39, 0.29) is 23.9 Å². The molecule has 174 valence electrons. The minimum Gasteiger partial charge on any atom is -0.496 e. The minimum atomic E-state index is -3.70. The third kappa shape index (κ3) is 4.82. The Balaban J connectivity index is 1.47. The van der Waals surface area contributed by atoms with Crippen molar-refractivity contribution in [3.8, 4) is 11.5 Å². The molecule has 8 heteroatoms. The lowest BCUT2D eigenvalue weighted by Gasteiger charge is -2.31. The lowest BCUT2D eigenvalue weighted by Crippen LogP contribution is -2.45. The maximum Gasteiger partial charge on any atom is 0.243 e. The average molecular weight is 469 g/mol. The second-order valence-corrected chi connectivity index (χ2v) is 10.0. The molecule has 0 radical (unpaired) electrons. The zero-order chi connectivity index (χ0) is 23.4. The average Bonchev–Trinajstić information content (AvgIpc) is 2.86. The summed E-state index contributed by atoms with van der Waals surface area (Å²) < 4.78 is 38.8. The largest absolute Gasteiger partial charge is 0.496 e. The molecule has 1 N–H and O–H groups in total. The fraction of sp³-hybridized carbons (Fsp3) is 0.320. The van der Waals surface area contributed by atoms with Gasteiger partial charge in [-0.25, -0.2) is 8.42 Å². The van der Waals surface area contributed by atoms with Crippen molar-refractivity contribution in [1.82, 2.24) is 9.62 Å². The van der Waals surface area contributed by atoms with Gasteiger partial charge in [-0.2, -0.15) is 4.31 Å². The molecule has 1 heterocycles. The number of piperidine rings is 1. The van der Waals surface area contributed by atoms with Crippen molar-refractivity contribution in [2.45, 2.75) is 24.3 Å². The Bertz CT molecular complexity index is 1240. The van der Waals surface area contributed by atoms with Gasteiger partial charge in [-0.3, -0.25) is 4.79 Å². The number of hydrogen-bond donors (Lipinski definition) is 1. The molecule has 0 aromatic heterocycles. The number of nitrogens with one attached hydrogen (secondary N) is 1. The molecule has 7 nitrogen and oxygen atoms in total. The van der Waals surface area contributed by atoms with E-state index in [1.54, 1.807) is 26.4 Å². The van der Waals surface area contributed by atoms with Crippen LogP contribution in [0.15, 0.2) is 65.6 Å². The summed E-state index contributed by atoms with van der Waals surface area (Å²) >= 11 is 0. The first-order chi connectivity index (χ1) is 15.9. The smallest absolute Gasteiger partial charge is 0.243 e. The van der Waals surface area contributed by atoms with Gasteiger partial charge in [0, 0.05) is 13.1 Å². The number of ether oxygens (including phenoxy) is 2. The number of carbonyl (C=O) groups is 1. The van der Waals surface area contributed by atoms with E-state index in [1.165, 1.54) is 4.31 Å². The summed E-state index contributed by atoms with van der Waals surface area (Å²) in [6, 6.07) is 18.2. The van der Waals surface area contributed by atoms with E-state index < -0.39 is 15.9 Å². The summed E-state index contributed by atoms with van der Waals surface area (Å²) in [5.41, 5.74) is 0.743. The Morgan fingerprint density at radius 3 is 2.39 bits per heavy atom. The van der Waals surface area contributed by atoms with Gasteiger partial charge in [-0.05, 0) is 47.9 Å². The highest BCUT2D eigenvalue weighted by molar-refractivity contribution is 7.89. The van der Waals surface area contributed by atoms with Gasteiger partial charge in [0.05, 0.1) is 37.1 Å². The van der Waals surface area contributed by atoms with E-state index in [0.717, 1.165) is 16.3 Å². The summed E-state index contributed by atoms with van der Waals surface area (Å²) in [7, 11) is -0.563. The summed E-state index contributed by atoms with van der Waals surface area (Å²) in [5.74, 6) is 0.647. The Kier molecular flexibility index (Phi) is 6.85. The zero-order valence-corrected chi connectivity index (χ0v) is 19.6. The number of hydrogen-bond acceptors (Lipinski definition) is 5. The van der Waals surface area contributed by atoms with Crippen LogP contribution in [0.3, 0.4) is 0 Å². The lowest BCUT2D eigenvalue weighted by molar-refractivity contribution is -0.126. The number of nitrogens with zero attached hydrogens (tertiary/aromatic N) is 1. The van der Waals surface area contributed by atoms with E-state index in [2.05, 4.69) is 5.32 Å². The number of rotatable bonds is 7. The van der Waals surface area contributed by atoms with Crippen molar-refractivity contribution < 1.29 is 22.7 Å². The highest BCUT2D eigenvalue weighted by Crippen LogP contribution is 2.29. The molecule has 0 spiro atoms. The Hall–Kier alpha value is -3.10. The van der Waals surface area contributed by atoms with Crippen LogP contribution in [-0.2, 0) is 21.4 Å². The van der Waals surface area contributed by atoms with Gasteiger partial charge in [-0.1, -0.05) is 36.4 Å². The highest BCUT2D eigenvalue weighted by atomic mass is 32.2. The van der Waals surface area contributed by atoms with Crippen LogP contribution in [0.2, 0.25) is 0 Å². The van der Waals surface area contributed by atoms with E-state index in [0.29, 0.717) is 30.9 Å². The van der Waals surface area contributed by atoms with Gasteiger partial charge in [-0.15, -0.1) is 0 Å². The third-order valence-corrected chi connectivity index (χ3v) is 7.94.